The quantitative estimate of drug-likeness (QED) is 0.692. The smallest absolute Gasteiger partial charge is 0.222 e. The van der Waals surface area contributed by atoms with E-state index >= 15 is 0 Å². The Morgan fingerprint density at radius 2 is 2.05 bits per heavy atom. The Kier molecular flexibility index (Phi) is 2.21. The van der Waals surface area contributed by atoms with Crippen molar-refractivity contribution >= 4 is 12.0 Å². The minimum Gasteiger partial charge on any atom is -0.338 e. The maximum Gasteiger partial charge on any atom is 0.222 e. The predicted octanol–water partition coefficient (Wildman–Crippen LogP) is 3.55. The zero-order chi connectivity index (χ0) is 13.0. The van der Waals surface area contributed by atoms with Crippen molar-refractivity contribution in [2.45, 2.75) is 38.1 Å². The van der Waals surface area contributed by atoms with Crippen molar-refractivity contribution in [1.29, 1.82) is 0 Å². The molecule has 1 saturated heterocycles. The summed E-state index contributed by atoms with van der Waals surface area (Å²) < 4.78 is 0. The third-order valence-electron chi connectivity index (χ3n) is 5.42. The first-order valence-corrected chi connectivity index (χ1v) is 7.28. The van der Waals surface area contributed by atoms with Crippen LogP contribution in [0.2, 0.25) is 0 Å². The van der Waals surface area contributed by atoms with Crippen LogP contribution in [0.5, 0.6) is 0 Å². The number of rotatable bonds is 0. The first-order chi connectivity index (χ1) is 9.22. The maximum absolute atomic E-state index is 12.2. The van der Waals surface area contributed by atoms with Gasteiger partial charge in [-0.3, -0.25) is 4.79 Å². The van der Waals surface area contributed by atoms with Gasteiger partial charge in [-0.25, -0.2) is 0 Å². The molecule has 0 radical (unpaired) electrons. The number of carbonyl (C=O) groups is 1. The molecule has 2 aliphatic carbocycles. The Hall–Kier alpha value is -1.57. The molecule has 98 valence electrons. The summed E-state index contributed by atoms with van der Waals surface area (Å²) in [7, 11) is 1.99. The number of amides is 1. The molecule has 2 atom stereocenters. The molecule has 0 aromatic heterocycles. The van der Waals surface area contributed by atoms with Gasteiger partial charge in [-0.15, -0.1) is 0 Å². The molecule has 2 fully saturated rings. The summed E-state index contributed by atoms with van der Waals surface area (Å²) in [6, 6.07) is 8.88. The van der Waals surface area contributed by atoms with Crippen LogP contribution < -0.4 is 0 Å². The van der Waals surface area contributed by atoms with E-state index in [0.717, 1.165) is 6.42 Å². The standard InChI is InChI=1S/C17H19NO/c1-18-15(19)8-10-17-9-4-6-13(17)11-12-5-2-3-7-14(12)16(17)18/h2-3,5,7,11,16H,4,6,8-10H2,1H3/t16-,17+/m0/s1. The lowest BCUT2D eigenvalue weighted by Crippen LogP contribution is -2.48. The minimum absolute atomic E-state index is 0.247. The average Bonchev–Trinajstić information content (AvgIpc) is 2.83. The van der Waals surface area contributed by atoms with Crippen LogP contribution in [-0.2, 0) is 4.79 Å². The molecule has 1 saturated carbocycles. The summed E-state index contributed by atoms with van der Waals surface area (Å²) >= 11 is 0. The van der Waals surface area contributed by atoms with Gasteiger partial charge in [0.2, 0.25) is 5.91 Å². The van der Waals surface area contributed by atoms with Crippen LogP contribution in [0.1, 0.15) is 49.3 Å². The number of fused-ring (bicyclic) bond motifs is 2. The molecule has 1 aliphatic heterocycles. The summed E-state index contributed by atoms with van der Waals surface area (Å²) in [5.74, 6) is 0.304. The number of nitrogens with zero attached hydrogens (tertiary/aromatic N) is 1. The van der Waals surface area contributed by atoms with E-state index in [1.165, 1.54) is 30.4 Å². The zero-order valence-electron chi connectivity index (χ0n) is 11.4. The van der Waals surface area contributed by atoms with Gasteiger partial charge < -0.3 is 4.90 Å². The Bertz CT molecular complexity index is 589. The van der Waals surface area contributed by atoms with E-state index in [-0.39, 0.29) is 11.5 Å². The summed E-state index contributed by atoms with van der Waals surface area (Å²) in [5.41, 5.74) is 4.51. The van der Waals surface area contributed by atoms with Crippen molar-refractivity contribution in [2.75, 3.05) is 7.05 Å². The molecule has 4 rings (SSSR count). The minimum atomic E-state index is 0.247. The predicted molar refractivity (Wildman–Crippen MR) is 75.4 cm³/mol. The second kappa shape index (κ2) is 3.72. The highest BCUT2D eigenvalue weighted by molar-refractivity contribution is 5.79. The van der Waals surface area contributed by atoms with Gasteiger partial charge in [-0.05, 0) is 36.8 Å². The molecule has 1 aromatic carbocycles. The lowest BCUT2D eigenvalue weighted by atomic mass is 9.63. The molecule has 1 heterocycles. The number of hydrogen-bond donors (Lipinski definition) is 0. The van der Waals surface area contributed by atoms with Crippen molar-refractivity contribution in [3.8, 4) is 0 Å². The normalized spacial score (nSPS) is 32.5. The summed E-state index contributed by atoms with van der Waals surface area (Å²) in [4.78, 5) is 14.2. The number of hydrogen-bond acceptors (Lipinski definition) is 1. The third kappa shape index (κ3) is 1.35. The fourth-order valence-electron chi connectivity index (χ4n) is 4.56. The topological polar surface area (TPSA) is 20.3 Å². The van der Waals surface area contributed by atoms with Crippen LogP contribution in [-0.4, -0.2) is 17.9 Å². The number of likely N-dealkylation sites (tertiary alicyclic amines) is 1. The Morgan fingerprint density at radius 3 is 2.95 bits per heavy atom. The fourth-order valence-corrected chi connectivity index (χ4v) is 4.56. The van der Waals surface area contributed by atoms with E-state index in [0.29, 0.717) is 12.3 Å². The van der Waals surface area contributed by atoms with Crippen LogP contribution in [0.3, 0.4) is 0 Å². The molecule has 0 bridgehead atoms. The van der Waals surface area contributed by atoms with Gasteiger partial charge in [0.05, 0.1) is 6.04 Å². The van der Waals surface area contributed by atoms with Crippen LogP contribution >= 0.6 is 0 Å². The molecular formula is C17H19NO. The van der Waals surface area contributed by atoms with Gasteiger partial charge in [0.15, 0.2) is 0 Å². The van der Waals surface area contributed by atoms with Gasteiger partial charge in [0.1, 0.15) is 0 Å². The summed E-state index contributed by atoms with van der Waals surface area (Å²) in [6.07, 6.45) is 7.90. The second-order valence-corrected chi connectivity index (χ2v) is 6.22. The Balaban J connectivity index is 1.96. The molecule has 2 heteroatoms. The molecule has 1 aromatic rings. The van der Waals surface area contributed by atoms with Gasteiger partial charge in [-0.1, -0.05) is 35.9 Å². The molecule has 1 amide bonds. The lowest BCUT2D eigenvalue weighted by Gasteiger charge is -2.50. The molecule has 3 aliphatic rings. The second-order valence-electron chi connectivity index (χ2n) is 6.22. The van der Waals surface area contributed by atoms with Gasteiger partial charge in [0, 0.05) is 18.9 Å². The Morgan fingerprint density at radius 1 is 1.21 bits per heavy atom. The van der Waals surface area contributed by atoms with Gasteiger partial charge >= 0.3 is 0 Å². The molecule has 19 heavy (non-hydrogen) atoms. The third-order valence-corrected chi connectivity index (χ3v) is 5.42. The number of piperidine rings is 1. The van der Waals surface area contributed by atoms with Crippen molar-refractivity contribution in [3.05, 3.63) is 41.0 Å². The van der Waals surface area contributed by atoms with E-state index in [1.807, 2.05) is 11.9 Å². The monoisotopic (exact) mass is 253 g/mol. The zero-order valence-corrected chi connectivity index (χ0v) is 11.4. The van der Waals surface area contributed by atoms with Crippen molar-refractivity contribution in [3.63, 3.8) is 0 Å². The first-order valence-electron chi connectivity index (χ1n) is 7.28. The molecule has 0 N–H and O–H groups in total. The molecule has 2 nitrogen and oxygen atoms in total. The first kappa shape index (κ1) is 11.3. The summed E-state index contributed by atoms with van der Waals surface area (Å²) in [6.45, 7) is 0. The maximum atomic E-state index is 12.2. The van der Waals surface area contributed by atoms with Crippen LogP contribution in [0.25, 0.3) is 6.08 Å². The molecule has 1 spiro atoms. The molecular weight excluding hydrogens is 234 g/mol. The van der Waals surface area contributed by atoms with Crippen molar-refractivity contribution in [1.82, 2.24) is 4.90 Å². The van der Waals surface area contributed by atoms with E-state index in [4.69, 9.17) is 0 Å². The van der Waals surface area contributed by atoms with E-state index in [1.54, 1.807) is 5.57 Å². The number of carbonyl (C=O) groups excluding carboxylic acids is 1. The van der Waals surface area contributed by atoms with E-state index in [9.17, 15) is 4.79 Å². The van der Waals surface area contributed by atoms with Gasteiger partial charge in [0.25, 0.3) is 0 Å². The highest BCUT2D eigenvalue weighted by Gasteiger charge is 2.52. The highest BCUT2D eigenvalue weighted by Crippen LogP contribution is 2.61. The lowest BCUT2D eigenvalue weighted by molar-refractivity contribution is -0.139. The number of benzene rings is 1. The Labute approximate surface area is 114 Å². The largest absolute Gasteiger partial charge is 0.338 e. The van der Waals surface area contributed by atoms with Crippen LogP contribution in [0.15, 0.2) is 29.8 Å². The van der Waals surface area contributed by atoms with Crippen LogP contribution in [0.4, 0.5) is 0 Å². The van der Waals surface area contributed by atoms with E-state index in [2.05, 4.69) is 30.3 Å². The SMILES string of the molecule is CN1C(=O)CC[C@]23CCCC2=Cc2ccccc2[C@H]13. The summed E-state index contributed by atoms with van der Waals surface area (Å²) in [5, 5.41) is 0. The van der Waals surface area contributed by atoms with Crippen LogP contribution in [0, 0.1) is 5.41 Å². The van der Waals surface area contributed by atoms with Crippen molar-refractivity contribution < 1.29 is 4.79 Å². The van der Waals surface area contributed by atoms with Crippen molar-refractivity contribution in [2.24, 2.45) is 5.41 Å². The fraction of sp³-hybridized carbons (Fsp3) is 0.471. The van der Waals surface area contributed by atoms with E-state index < -0.39 is 0 Å². The van der Waals surface area contributed by atoms with Gasteiger partial charge in [-0.2, -0.15) is 0 Å². The highest BCUT2D eigenvalue weighted by atomic mass is 16.2. The molecule has 0 unspecified atom stereocenters. The average molecular weight is 253 g/mol.